The molecule has 0 aromatic heterocycles. The molecule has 3 N–H and O–H groups in total. The quantitative estimate of drug-likeness (QED) is 0.831. The van der Waals surface area contributed by atoms with Crippen molar-refractivity contribution in [2.75, 3.05) is 6.61 Å². The van der Waals surface area contributed by atoms with Crippen LogP contribution in [0.3, 0.4) is 0 Å². The summed E-state index contributed by atoms with van der Waals surface area (Å²) >= 11 is 0. The van der Waals surface area contributed by atoms with Crippen molar-refractivity contribution in [3.8, 4) is 5.75 Å². The first-order valence-electron chi connectivity index (χ1n) is 6.08. The first-order valence-corrected chi connectivity index (χ1v) is 7.56. The predicted molar refractivity (Wildman–Crippen MR) is 67.0 cm³/mol. The van der Waals surface area contributed by atoms with E-state index >= 15 is 0 Å². The number of benzene rings is 1. The second kappa shape index (κ2) is 4.22. The average molecular weight is 268 g/mol. The molecule has 3 rings (SSSR count). The summed E-state index contributed by atoms with van der Waals surface area (Å²) in [6, 6.07) is 5.12. The van der Waals surface area contributed by atoms with Crippen molar-refractivity contribution in [2.24, 2.45) is 5.73 Å². The van der Waals surface area contributed by atoms with Gasteiger partial charge in [-0.15, -0.1) is 0 Å². The molecule has 18 heavy (non-hydrogen) atoms. The van der Waals surface area contributed by atoms with Gasteiger partial charge in [0.05, 0.1) is 11.5 Å². The lowest BCUT2D eigenvalue weighted by Crippen LogP contribution is -2.50. The van der Waals surface area contributed by atoms with Crippen molar-refractivity contribution in [1.82, 2.24) is 4.72 Å². The molecule has 1 saturated carbocycles. The van der Waals surface area contributed by atoms with E-state index in [1.165, 1.54) is 0 Å². The number of nitrogens with one attached hydrogen (secondary N) is 1. The van der Waals surface area contributed by atoms with E-state index in [4.69, 9.17) is 10.5 Å². The molecule has 2 aliphatic rings. The third kappa shape index (κ3) is 2.11. The Kier molecular flexibility index (Phi) is 2.80. The van der Waals surface area contributed by atoms with Crippen LogP contribution in [-0.4, -0.2) is 27.1 Å². The zero-order chi connectivity index (χ0) is 12.8. The molecular formula is C12H16N2O3S. The molecule has 1 fully saturated rings. The molecule has 1 aliphatic carbocycles. The molecule has 0 spiro atoms. The van der Waals surface area contributed by atoms with E-state index in [9.17, 15) is 8.42 Å². The SMILES string of the molecule is NC1CC(NS(=O)(=O)c2ccc3c(c2)CCO3)C1. The van der Waals surface area contributed by atoms with Crippen LogP contribution in [0.4, 0.5) is 0 Å². The van der Waals surface area contributed by atoms with Crippen molar-refractivity contribution in [3.63, 3.8) is 0 Å². The third-order valence-electron chi connectivity index (χ3n) is 3.47. The van der Waals surface area contributed by atoms with Gasteiger partial charge in [-0.2, -0.15) is 0 Å². The molecule has 5 nitrogen and oxygen atoms in total. The summed E-state index contributed by atoms with van der Waals surface area (Å²) in [6.07, 6.45) is 2.20. The molecule has 1 aliphatic heterocycles. The van der Waals surface area contributed by atoms with Crippen LogP contribution >= 0.6 is 0 Å². The highest BCUT2D eigenvalue weighted by molar-refractivity contribution is 7.89. The van der Waals surface area contributed by atoms with E-state index in [0.717, 1.165) is 17.7 Å². The van der Waals surface area contributed by atoms with Crippen molar-refractivity contribution < 1.29 is 13.2 Å². The van der Waals surface area contributed by atoms with Crippen molar-refractivity contribution in [3.05, 3.63) is 23.8 Å². The Morgan fingerprint density at radius 2 is 2.11 bits per heavy atom. The largest absolute Gasteiger partial charge is 0.493 e. The highest BCUT2D eigenvalue weighted by atomic mass is 32.2. The van der Waals surface area contributed by atoms with Gasteiger partial charge < -0.3 is 10.5 Å². The van der Waals surface area contributed by atoms with Gasteiger partial charge in [0.1, 0.15) is 5.75 Å². The molecule has 6 heteroatoms. The van der Waals surface area contributed by atoms with Gasteiger partial charge in [-0.05, 0) is 36.6 Å². The average Bonchev–Trinajstić information content (AvgIpc) is 2.73. The normalized spacial score (nSPS) is 26.3. The van der Waals surface area contributed by atoms with Crippen LogP contribution in [0.25, 0.3) is 0 Å². The van der Waals surface area contributed by atoms with Crippen molar-refractivity contribution in [2.45, 2.75) is 36.2 Å². The molecule has 0 bridgehead atoms. The summed E-state index contributed by atoms with van der Waals surface area (Å²) in [5, 5.41) is 0. The number of hydrogen-bond acceptors (Lipinski definition) is 4. The fraction of sp³-hybridized carbons (Fsp3) is 0.500. The predicted octanol–water partition coefficient (Wildman–Crippen LogP) is 0.389. The molecule has 0 amide bonds. The minimum atomic E-state index is -3.43. The molecule has 1 aromatic carbocycles. The smallest absolute Gasteiger partial charge is 0.240 e. The van der Waals surface area contributed by atoms with Gasteiger partial charge in [-0.3, -0.25) is 0 Å². The Hall–Kier alpha value is -1.11. The monoisotopic (exact) mass is 268 g/mol. The van der Waals surface area contributed by atoms with Gasteiger partial charge in [0.2, 0.25) is 10.0 Å². The van der Waals surface area contributed by atoms with Gasteiger partial charge in [0.25, 0.3) is 0 Å². The lowest BCUT2D eigenvalue weighted by Gasteiger charge is -2.32. The molecule has 0 saturated heterocycles. The standard InChI is InChI=1S/C12H16N2O3S/c13-9-6-10(7-9)14-18(15,16)11-1-2-12-8(5-11)3-4-17-12/h1-2,5,9-10,14H,3-4,6-7,13H2. The van der Waals surface area contributed by atoms with Crippen LogP contribution in [0.2, 0.25) is 0 Å². The van der Waals surface area contributed by atoms with Crippen LogP contribution in [0, 0.1) is 0 Å². The Labute approximate surface area is 106 Å². The second-order valence-corrected chi connectivity index (χ2v) is 6.63. The number of hydrogen-bond donors (Lipinski definition) is 2. The summed E-state index contributed by atoms with van der Waals surface area (Å²) in [4.78, 5) is 0.312. The van der Waals surface area contributed by atoms with Crippen LogP contribution in [-0.2, 0) is 16.4 Å². The number of ether oxygens (including phenoxy) is 1. The Balaban J connectivity index is 1.80. The first-order chi connectivity index (χ1) is 8.54. The second-order valence-electron chi connectivity index (χ2n) is 4.92. The lowest BCUT2D eigenvalue weighted by molar-refractivity contribution is 0.327. The van der Waals surface area contributed by atoms with E-state index in [1.807, 2.05) is 0 Å². The Bertz CT molecular complexity index is 565. The molecule has 98 valence electrons. The molecule has 1 aromatic rings. The van der Waals surface area contributed by atoms with E-state index in [0.29, 0.717) is 24.3 Å². The highest BCUT2D eigenvalue weighted by Gasteiger charge is 2.30. The summed E-state index contributed by atoms with van der Waals surface area (Å²) in [7, 11) is -3.43. The summed E-state index contributed by atoms with van der Waals surface area (Å²) in [6.45, 7) is 0.629. The Morgan fingerprint density at radius 1 is 1.33 bits per heavy atom. The fourth-order valence-corrected chi connectivity index (χ4v) is 3.69. The van der Waals surface area contributed by atoms with Crippen LogP contribution in [0.1, 0.15) is 18.4 Å². The molecule has 1 heterocycles. The topological polar surface area (TPSA) is 81.4 Å². The summed E-state index contributed by atoms with van der Waals surface area (Å²) in [5.74, 6) is 0.791. The summed E-state index contributed by atoms with van der Waals surface area (Å²) < 4.78 is 32.3. The van der Waals surface area contributed by atoms with E-state index < -0.39 is 10.0 Å². The zero-order valence-corrected chi connectivity index (χ0v) is 10.7. The van der Waals surface area contributed by atoms with Gasteiger partial charge in [-0.25, -0.2) is 13.1 Å². The van der Waals surface area contributed by atoms with Gasteiger partial charge in [0.15, 0.2) is 0 Å². The number of fused-ring (bicyclic) bond motifs is 1. The zero-order valence-electron chi connectivity index (χ0n) is 9.93. The number of nitrogens with two attached hydrogens (primary N) is 1. The highest BCUT2D eigenvalue weighted by Crippen LogP contribution is 2.28. The van der Waals surface area contributed by atoms with Crippen molar-refractivity contribution >= 4 is 10.0 Å². The maximum Gasteiger partial charge on any atom is 0.240 e. The van der Waals surface area contributed by atoms with Crippen LogP contribution < -0.4 is 15.2 Å². The van der Waals surface area contributed by atoms with Gasteiger partial charge in [0, 0.05) is 18.5 Å². The Morgan fingerprint density at radius 3 is 2.83 bits per heavy atom. The van der Waals surface area contributed by atoms with Crippen LogP contribution in [0.15, 0.2) is 23.1 Å². The first kappa shape index (κ1) is 12.0. The van der Waals surface area contributed by atoms with Gasteiger partial charge in [-0.1, -0.05) is 0 Å². The van der Waals surface area contributed by atoms with Crippen molar-refractivity contribution in [1.29, 1.82) is 0 Å². The van der Waals surface area contributed by atoms with E-state index in [2.05, 4.69) is 4.72 Å². The van der Waals surface area contributed by atoms with E-state index in [1.54, 1.807) is 18.2 Å². The van der Waals surface area contributed by atoms with Gasteiger partial charge >= 0.3 is 0 Å². The maximum atomic E-state index is 12.1. The molecule has 0 unspecified atom stereocenters. The summed E-state index contributed by atoms with van der Waals surface area (Å²) in [5.41, 5.74) is 6.61. The molecule has 0 atom stereocenters. The van der Waals surface area contributed by atoms with Crippen LogP contribution in [0.5, 0.6) is 5.75 Å². The number of sulfonamides is 1. The number of rotatable bonds is 3. The van der Waals surface area contributed by atoms with E-state index in [-0.39, 0.29) is 12.1 Å². The fourth-order valence-electron chi connectivity index (χ4n) is 2.38. The maximum absolute atomic E-state index is 12.1. The molecule has 0 radical (unpaired) electrons. The molecular weight excluding hydrogens is 252 g/mol. The third-order valence-corrected chi connectivity index (χ3v) is 4.99. The minimum absolute atomic E-state index is 0.0190. The minimum Gasteiger partial charge on any atom is -0.493 e. The lowest BCUT2D eigenvalue weighted by atomic mass is 9.89.